The molecule has 4 nitrogen and oxygen atoms in total. The molecule has 1 atom stereocenters. The molecular weight excluding hydrogens is 319 g/mol. The summed E-state index contributed by atoms with van der Waals surface area (Å²) in [5.74, 6) is 0.965. The molecule has 1 aromatic rings. The molecule has 1 aromatic carbocycles. The summed E-state index contributed by atoms with van der Waals surface area (Å²) in [5, 5.41) is 3.18. The molecule has 130 valence electrons. The number of benzene rings is 1. The molecule has 1 unspecified atom stereocenters. The Morgan fingerprint density at radius 3 is 3.04 bits per heavy atom. The summed E-state index contributed by atoms with van der Waals surface area (Å²) in [4.78, 5) is 14.2. The Bertz CT molecular complexity index is 485. The first-order chi connectivity index (χ1) is 10.7. The van der Waals surface area contributed by atoms with Crippen LogP contribution in [0.1, 0.15) is 25.7 Å². The van der Waals surface area contributed by atoms with Crippen molar-refractivity contribution in [3.8, 4) is 5.75 Å². The van der Waals surface area contributed by atoms with E-state index in [9.17, 15) is 9.18 Å². The summed E-state index contributed by atoms with van der Waals surface area (Å²) in [6, 6.07) is 6.08. The van der Waals surface area contributed by atoms with E-state index in [1.807, 2.05) is 11.9 Å². The van der Waals surface area contributed by atoms with Crippen LogP contribution in [0.2, 0.25) is 0 Å². The molecule has 1 aliphatic rings. The number of hydrogen-bond acceptors (Lipinski definition) is 3. The second-order valence-electron chi connectivity index (χ2n) is 5.82. The zero-order valence-corrected chi connectivity index (χ0v) is 14.4. The van der Waals surface area contributed by atoms with Gasteiger partial charge >= 0.3 is 0 Å². The van der Waals surface area contributed by atoms with Gasteiger partial charge in [-0.1, -0.05) is 6.07 Å². The highest BCUT2D eigenvalue weighted by Crippen LogP contribution is 2.17. The van der Waals surface area contributed by atoms with E-state index in [0.29, 0.717) is 31.1 Å². The Labute approximate surface area is 143 Å². The van der Waals surface area contributed by atoms with Crippen LogP contribution in [0.5, 0.6) is 5.75 Å². The van der Waals surface area contributed by atoms with Gasteiger partial charge in [-0.3, -0.25) is 4.79 Å². The number of amides is 1. The minimum absolute atomic E-state index is 0. The number of nitrogens with one attached hydrogen (secondary N) is 1. The van der Waals surface area contributed by atoms with Crippen LogP contribution in [-0.4, -0.2) is 44.1 Å². The molecule has 1 amide bonds. The first-order valence-corrected chi connectivity index (χ1v) is 8.00. The van der Waals surface area contributed by atoms with Crippen molar-refractivity contribution in [3.05, 3.63) is 30.1 Å². The molecule has 1 heterocycles. The van der Waals surface area contributed by atoms with Crippen molar-refractivity contribution in [3.63, 3.8) is 0 Å². The fraction of sp³-hybridized carbons (Fsp3) is 0.588. The van der Waals surface area contributed by atoms with E-state index in [1.165, 1.54) is 18.6 Å². The molecule has 23 heavy (non-hydrogen) atoms. The molecule has 6 heteroatoms. The van der Waals surface area contributed by atoms with Gasteiger partial charge in [0.15, 0.2) is 0 Å². The second kappa shape index (κ2) is 10.4. The summed E-state index contributed by atoms with van der Waals surface area (Å²) in [6.07, 6.45) is 3.41. The quantitative estimate of drug-likeness (QED) is 0.773. The van der Waals surface area contributed by atoms with Crippen molar-refractivity contribution in [1.82, 2.24) is 10.2 Å². The van der Waals surface area contributed by atoms with E-state index >= 15 is 0 Å². The molecule has 1 fully saturated rings. The zero-order valence-electron chi connectivity index (χ0n) is 13.6. The van der Waals surface area contributed by atoms with Gasteiger partial charge in [0.05, 0.1) is 6.61 Å². The molecule has 1 saturated heterocycles. The minimum Gasteiger partial charge on any atom is -0.493 e. The van der Waals surface area contributed by atoms with Crippen molar-refractivity contribution in [2.24, 2.45) is 5.92 Å². The van der Waals surface area contributed by atoms with Crippen molar-refractivity contribution < 1.29 is 13.9 Å². The van der Waals surface area contributed by atoms with Gasteiger partial charge in [0.25, 0.3) is 0 Å². The van der Waals surface area contributed by atoms with Crippen LogP contribution in [0.25, 0.3) is 0 Å². The van der Waals surface area contributed by atoms with Gasteiger partial charge < -0.3 is 15.0 Å². The maximum absolute atomic E-state index is 13.0. The monoisotopic (exact) mass is 344 g/mol. The lowest BCUT2D eigenvalue weighted by molar-refractivity contribution is -0.133. The summed E-state index contributed by atoms with van der Waals surface area (Å²) >= 11 is 0. The molecule has 0 radical (unpaired) electrons. The van der Waals surface area contributed by atoms with Crippen LogP contribution in [0.15, 0.2) is 24.3 Å². The van der Waals surface area contributed by atoms with Crippen molar-refractivity contribution in [2.45, 2.75) is 25.7 Å². The third-order valence-electron chi connectivity index (χ3n) is 3.96. The first kappa shape index (κ1) is 19.7. The molecular formula is C17H26ClFN2O2. The Kier molecular flexibility index (Phi) is 8.95. The molecule has 0 aromatic heterocycles. The Morgan fingerprint density at radius 1 is 1.48 bits per heavy atom. The second-order valence-corrected chi connectivity index (χ2v) is 5.82. The van der Waals surface area contributed by atoms with Gasteiger partial charge in [0.1, 0.15) is 11.6 Å². The minimum atomic E-state index is -0.308. The first-order valence-electron chi connectivity index (χ1n) is 8.00. The topological polar surface area (TPSA) is 41.6 Å². The lowest BCUT2D eigenvalue weighted by Crippen LogP contribution is -2.42. The van der Waals surface area contributed by atoms with Gasteiger partial charge in [-0.15, -0.1) is 12.4 Å². The largest absolute Gasteiger partial charge is 0.493 e. The number of hydrogen-bond donors (Lipinski definition) is 1. The van der Waals surface area contributed by atoms with Crippen LogP contribution >= 0.6 is 12.4 Å². The van der Waals surface area contributed by atoms with Gasteiger partial charge in [0.2, 0.25) is 5.91 Å². The average molecular weight is 345 g/mol. The summed E-state index contributed by atoms with van der Waals surface area (Å²) in [5.41, 5.74) is 0. The van der Waals surface area contributed by atoms with Gasteiger partial charge in [-0.2, -0.15) is 0 Å². The molecule has 1 aliphatic heterocycles. The van der Waals surface area contributed by atoms with Gasteiger partial charge in [0, 0.05) is 25.6 Å². The number of likely N-dealkylation sites (tertiary alicyclic amines) is 1. The molecule has 2 rings (SSSR count). The van der Waals surface area contributed by atoms with Gasteiger partial charge in [-0.25, -0.2) is 4.39 Å². The molecule has 1 N–H and O–H groups in total. The maximum atomic E-state index is 13.0. The van der Waals surface area contributed by atoms with Crippen LogP contribution in [0.4, 0.5) is 4.39 Å². The number of rotatable bonds is 7. The predicted molar refractivity (Wildman–Crippen MR) is 91.6 cm³/mol. The van der Waals surface area contributed by atoms with E-state index < -0.39 is 0 Å². The van der Waals surface area contributed by atoms with E-state index in [-0.39, 0.29) is 24.1 Å². The van der Waals surface area contributed by atoms with Crippen LogP contribution in [-0.2, 0) is 4.79 Å². The van der Waals surface area contributed by atoms with E-state index in [0.717, 1.165) is 26.1 Å². The lowest BCUT2D eigenvalue weighted by atomic mass is 9.97. The standard InChI is InChI=1S/C17H25FN2O2.ClH/c1-19-12-14-5-3-9-20(13-14)17(21)8-4-10-22-16-7-2-6-15(18)11-16;/h2,6-7,11,14,19H,3-5,8-10,12-13H2,1H3;1H. The molecule has 0 bridgehead atoms. The molecule has 0 aliphatic carbocycles. The number of piperidine rings is 1. The average Bonchev–Trinajstić information content (AvgIpc) is 2.52. The number of nitrogens with zero attached hydrogens (tertiary/aromatic N) is 1. The van der Waals surface area contributed by atoms with Crippen molar-refractivity contribution in [1.29, 1.82) is 0 Å². The zero-order chi connectivity index (χ0) is 15.8. The highest BCUT2D eigenvalue weighted by molar-refractivity contribution is 5.85. The van der Waals surface area contributed by atoms with Crippen LogP contribution in [0.3, 0.4) is 0 Å². The molecule has 0 saturated carbocycles. The van der Waals surface area contributed by atoms with Gasteiger partial charge in [-0.05, 0) is 50.9 Å². The lowest BCUT2D eigenvalue weighted by Gasteiger charge is -2.32. The van der Waals surface area contributed by atoms with E-state index in [1.54, 1.807) is 12.1 Å². The Balaban J connectivity index is 0.00000264. The van der Waals surface area contributed by atoms with Crippen LogP contribution < -0.4 is 10.1 Å². The highest BCUT2D eigenvalue weighted by Gasteiger charge is 2.22. The highest BCUT2D eigenvalue weighted by atomic mass is 35.5. The van der Waals surface area contributed by atoms with Crippen molar-refractivity contribution in [2.75, 3.05) is 33.3 Å². The predicted octanol–water partition coefficient (Wildman–Crippen LogP) is 2.86. The summed E-state index contributed by atoms with van der Waals surface area (Å²) in [6.45, 7) is 3.11. The SMILES string of the molecule is CNCC1CCCN(C(=O)CCCOc2cccc(F)c2)C1.Cl. The number of carbonyl (C=O) groups excluding carboxylic acids is 1. The number of ether oxygens (including phenoxy) is 1. The summed E-state index contributed by atoms with van der Waals surface area (Å²) in [7, 11) is 1.95. The van der Waals surface area contributed by atoms with E-state index in [2.05, 4.69) is 5.32 Å². The maximum Gasteiger partial charge on any atom is 0.222 e. The smallest absolute Gasteiger partial charge is 0.222 e. The van der Waals surface area contributed by atoms with E-state index in [4.69, 9.17) is 4.74 Å². The Morgan fingerprint density at radius 2 is 2.30 bits per heavy atom. The third-order valence-corrected chi connectivity index (χ3v) is 3.96. The third kappa shape index (κ3) is 6.75. The van der Waals surface area contributed by atoms with Crippen molar-refractivity contribution >= 4 is 18.3 Å². The fourth-order valence-electron chi connectivity index (χ4n) is 2.88. The fourth-order valence-corrected chi connectivity index (χ4v) is 2.88. The summed E-state index contributed by atoms with van der Waals surface area (Å²) < 4.78 is 18.5. The van der Waals surface area contributed by atoms with Crippen LogP contribution in [0, 0.1) is 11.7 Å². The number of carbonyl (C=O) groups is 1. The normalized spacial score (nSPS) is 17.5. The molecule has 0 spiro atoms. The number of halogens is 2. The Hall–Kier alpha value is -1.33.